The van der Waals surface area contributed by atoms with Gasteiger partial charge in [-0.15, -0.1) is 0 Å². The number of halogens is 9. The quantitative estimate of drug-likeness (QED) is 0.128. The van der Waals surface area contributed by atoms with Gasteiger partial charge < -0.3 is 5.32 Å². The molecule has 0 aliphatic heterocycles. The number of hydrogen-bond acceptors (Lipinski definition) is 5. The van der Waals surface area contributed by atoms with E-state index in [0.717, 1.165) is 12.1 Å². The van der Waals surface area contributed by atoms with Crippen LogP contribution in [-0.4, -0.2) is 41.0 Å². The van der Waals surface area contributed by atoms with Crippen molar-refractivity contribution in [3.63, 3.8) is 0 Å². The highest BCUT2D eigenvalue weighted by molar-refractivity contribution is 7.85. The lowest BCUT2D eigenvalue weighted by molar-refractivity contribution is -0.142. The van der Waals surface area contributed by atoms with Gasteiger partial charge in [0.15, 0.2) is 11.5 Å². The first-order valence-electron chi connectivity index (χ1n) is 14.6. The van der Waals surface area contributed by atoms with Crippen LogP contribution in [0.4, 0.5) is 41.3 Å². The molecule has 9 nitrogen and oxygen atoms in total. The maximum atomic E-state index is 15.2. The van der Waals surface area contributed by atoms with Crippen molar-refractivity contribution in [1.29, 1.82) is 0 Å². The highest BCUT2D eigenvalue weighted by atomic mass is 35.5. The van der Waals surface area contributed by atoms with Gasteiger partial charge in [-0.05, 0) is 48.2 Å². The van der Waals surface area contributed by atoms with E-state index in [1.54, 1.807) is 13.1 Å². The van der Waals surface area contributed by atoms with E-state index in [1.807, 2.05) is 0 Å². The molecular weight excluding hydrogens is 738 g/mol. The third-order valence-electron chi connectivity index (χ3n) is 8.13. The van der Waals surface area contributed by atoms with Crippen molar-refractivity contribution in [2.45, 2.75) is 43.8 Å². The Balaban J connectivity index is 1.54. The molecule has 0 spiro atoms. The minimum atomic E-state index is -5.16. The van der Waals surface area contributed by atoms with Crippen LogP contribution in [0.1, 0.15) is 53.5 Å². The predicted molar refractivity (Wildman–Crippen MR) is 173 cm³/mol. The van der Waals surface area contributed by atoms with Crippen LogP contribution in [0.25, 0.3) is 22.0 Å². The molecular formula is C31H24Cl2F7N7O2S. The maximum Gasteiger partial charge on any atom is 0.435 e. The van der Waals surface area contributed by atoms with E-state index in [1.165, 1.54) is 36.1 Å². The molecule has 264 valence electrons. The van der Waals surface area contributed by atoms with Gasteiger partial charge in [-0.2, -0.15) is 36.8 Å². The van der Waals surface area contributed by atoms with Gasteiger partial charge in [0, 0.05) is 42.5 Å². The van der Waals surface area contributed by atoms with Crippen molar-refractivity contribution >= 4 is 56.9 Å². The van der Waals surface area contributed by atoms with Crippen LogP contribution in [-0.2, 0) is 36.6 Å². The zero-order valence-corrected chi connectivity index (χ0v) is 28.3. The molecule has 6 rings (SSSR count). The average molecular weight is 763 g/mol. The predicted octanol–water partition coefficient (Wildman–Crippen LogP) is 8.28. The number of aromatic nitrogens is 5. The van der Waals surface area contributed by atoms with Crippen molar-refractivity contribution < 1.29 is 39.7 Å². The number of anilines is 1. The number of rotatable bonds is 7. The number of nitrogens with one attached hydrogen (secondary N) is 2. The number of benzene rings is 2. The van der Waals surface area contributed by atoms with Gasteiger partial charge in [0.2, 0.25) is 0 Å². The summed E-state index contributed by atoms with van der Waals surface area (Å²) in [6, 6.07) is 5.56. The topological polar surface area (TPSA) is 107 Å². The van der Waals surface area contributed by atoms with Gasteiger partial charge in [0.25, 0.3) is 5.92 Å². The Labute approximate surface area is 291 Å². The van der Waals surface area contributed by atoms with E-state index in [2.05, 4.69) is 25.2 Å². The molecule has 0 bridgehead atoms. The number of hydrogen-bond donors (Lipinski definition) is 2. The molecule has 50 heavy (non-hydrogen) atoms. The Morgan fingerprint density at radius 2 is 1.74 bits per heavy atom. The Morgan fingerprint density at radius 3 is 2.38 bits per heavy atom. The smallest absolute Gasteiger partial charge is 0.327 e. The fraction of sp³-hybridized carbons (Fsp3) is 0.290. The molecule has 2 unspecified atom stereocenters. The van der Waals surface area contributed by atoms with E-state index >= 15 is 8.78 Å². The van der Waals surface area contributed by atoms with Crippen LogP contribution in [0, 0.1) is 11.6 Å². The van der Waals surface area contributed by atoms with E-state index in [4.69, 9.17) is 23.2 Å². The standard InChI is InChI=1S/C31H24Cl2F7N7O2S/c1-13-12-30(36,37)27-22(13)26(31(38,39)40)43-47(27)29(48)41-20(10-14-8-15(34)11-16(35)9-14)24-17(5-7-21(33)42-24)18-4-6-19(32)23-25(18)46(2)44-28(23)45-50(3)49/h4-9,11,13,20H,10,12H2,1-3H3,(H,41,48)(H,44,45)/t13-,20?,50?/m0/s1. The summed E-state index contributed by atoms with van der Waals surface area (Å²) in [4.78, 5) is 18.2. The highest BCUT2D eigenvalue weighted by Crippen LogP contribution is 2.52. The number of fused-ring (bicyclic) bond motifs is 2. The van der Waals surface area contributed by atoms with Gasteiger partial charge in [0.1, 0.15) is 33.5 Å². The van der Waals surface area contributed by atoms with E-state index in [-0.39, 0.29) is 37.5 Å². The van der Waals surface area contributed by atoms with Gasteiger partial charge >= 0.3 is 12.2 Å². The first kappa shape index (κ1) is 35.6. The molecule has 1 aliphatic carbocycles. The summed E-state index contributed by atoms with van der Waals surface area (Å²) >= 11 is 12.8. The van der Waals surface area contributed by atoms with Crippen LogP contribution in [0.2, 0.25) is 10.2 Å². The third kappa shape index (κ3) is 6.53. The fourth-order valence-corrected chi connectivity index (χ4v) is 7.14. The molecule has 3 aromatic heterocycles. The van der Waals surface area contributed by atoms with Crippen LogP contribution >= 0.6 is 23.2 Å². The molecule has 0 fully saturated rings. The average Bonchev–Trinajstić information content (AvgIpc) is 3.63. The van der Waals surface area contributed by atoms with Crippen LogP contribution in [0.15, 0.2) is 42.5 Å². The number of alkyl halides is 5. The summed E-state index contributed by atoms with van der Waals surface area (Å²) in [5, 5.41) is 10.5. The Hall–Kier alpha value is -4.22. The number of amides is 1. The van der Waals surface area contributed by atoms with Gasteiger partial charge in [-0.1, -0.05) is 36.2 Å². The lowest BCUT2D eigenvalue weighted by Crippen LogP contribution is -2.37. The molecule has 3 heterocycles. The summed E-state index contributed by atoms with van der Waals surface area (Å²) in [5.74, 6) is -6.89. The van der Waals surface area contributed by atoms with E-state index in [0.29, 0.717) is 22.5 Å². The maximum absolute atomic E-state index is 15.2. The molecule has 0 saturated heterocycles. The van der Waals surface area contributed by atoms with E-state index < -0.39 is 82.5 Å². The second-order valence-electron chi connectivity index (χ2n) is 11.7. The van der Waals surface area contributed by atoms with Crippen LogP contribution in [0.3, 0.4) is 0 Å². The summed E-state index contributed by atoms with van der Waals surface area (Å²) < 4.78 is 117. The first-order valence-corrected chi connectivity index (χ1v) is 16.9. The molecule has 2 N–H and O–H groups in total. The Bertz CT molecular complexity index is 2190. The summed E-state index contributed by atoms with van der Waals surface area (Å²) in [7, 11) is 0.0187. The number of nitrogens with zero attached hydrogens (tertiary/aromatic N) is 5. The number of aryl methyl sites for hydroxylation is 1. The minimum Gasteiger partial charge on any atom is -0.327 e. The van der Waals surface area contributed by atoms with Crippen molar-refractivity contribution in [3.8, 4) is 11.1 Å². The van der Waals surface area contributed by atoms with Crippen LogP contribution < -0.4 is 10.0 Å². The zero-order valence-electron chi connectivity index (χ0n) is 26.0. The second-order valence-corrected chi connectivity index (χ2v) is 13.6. The molecule has 5 aromatic rings. The molecule has 1 amide bonds. The Morgan fingerprint density at radius 1 is 1.08 bits per heavy atom. The summed E-state index contributed by atoms with van der Waals surface area (Å²) in [6.45, 7) is 1.17. The second kappa shape index (κ2) is 12.8. The van der Waals surface area contributed by atoms with Crippen molar-refractivity contribution in [1.82, 2.24) is 29.9 Å². The largest absolute Gasteiger partial charge is 0.435 e. The molecule has 0 radical (unpaired) electrons. The minimum absolute atomic E-state index is 0.0184. The summed E-state index contributed by atoms with van der Waals surface area (Å²) in [5.41, 5.74) is -2.74. The van der Waals surface area contributed by atoms with Crippen molar-refractivity contribution in [2.24, 2.45) is 7.05 Å². The fourth-order valence-electron chi connectivity index (χ4n) is 6.33. The SMILES string of the molecule is C[C@H]1CC(F)(F)c2c1c(C(F)(F)F)nn2C(=O)NC(Cc1cc(F)cc(F)c1)c1nc(Cl)ccc1-c1ccc(Cl)c2c(NS(C)=O)nn(C)c12. The first-order chi connectivity index (χ1) is 23.4. The number of carbonyl (C=O) groups is 1. The van der Waals surface area contributed by atoms with E-state index in [9.17, 15) is 31.0 Å². The lowest BCUT2D eigenvalue weighted by Gasteiger charge is -2.23. The highest BCUT2D eigenvalue weighted by Gasteiger charge is 2.54. The van der Waals surface area contributed by atoms with Crippen LogP contribution in [0.5, 0.6) is 0 Å². The molecule has 19 heteroatoms. The lowest BCUT2D eigenvalue weighted by atomic mass is 9.94. The number of pyridine rings is 1. The molecule has 0 saturated carbocycles. The summed E-state index contributed by atoms with van der Waals surface area (Å²) in [6.07, 6.45) is -5.20. The normalized spacial score (nSPS) is 16.8. The van der Waals surface area contributed by atoms with Crippen molar-refractivity contribution in [3.05, 3.63) is 92.5 Å². The third-order valence-corrected chi connectivity index (χ3v) is 9.14. The molecule has 2 aromatic carbocycles. The molecule has 3 atom stereocenters. The number of carbonyl (C=O) groups excluding carboxylic acids is 1. The van der Waals surface area contributed by atoms with Gasteiger partial charge in [-0.25, -0.2) is 22.8 Å². The van der Waals surface area contributed by atoms with Gasteiger partial charge in [-0.3, -0.25) is 9.40 Å². The Kier molecular flexibility index (Phi) is 9.14. The molecule has 1 aliphatic rings. The monoisotopic (exact) mass is 761 g/mol. The zero-order chi connectivity index (χ0) is 36.4. The van der Waals surface area contributed by atoms with Gasteiger partial charge in [0.05, 0.1) is 27.7 Å². The van der Waals surface area contributed by atoms with Crippen molar-refractivity contribution in [2.75, 3.05) is 11.0 Å².